The van der Waals surface area contributed by atoms with Crippen LogP contribution in [0.15, 0.2) is 24.3 Å². The molecule has 5 nitrogen and oxygen atoms in total. The fourth-order valence-electron chi connectivity index (χ4n) is 1.31. The minimum absolute atomic E-state index is 0.198. The van der Waals surface area contributed by atoms with Crippen molar-refractivity contribution in [1.82, 2.24) is 0 Å². The first-order valence-corrected chi connectivity index (χ1v) is 6.41. The van der Waals surface area contributed by atoms with Crippen LogP contribution in [0.5, 0.6) is 0 Å². The van der Waals surface area contributed by atoms with Gasteiger partial charge in [-0.1, -0.05) is 18.2 Å². The van der Waals surface area contributed by atoms with Crippen LogP contribution in [0.3, 0.4) is 0 Å². The van der Waals surface area contributed by atoms with E-state index in [4.69, 9.17) is 5.11 Å². The van der Waals surface area contributed by atoms with Gasteiger partial charge >= 0.3 is 5.97 Å². The van der Waals surface area contributed by atoms with Gasteiger partial charge in [-0.3, -0.25) is 9.10 Å². The zero-order chi connectivity index (χ0) is 12.3. The quantitative estimate of drug-likeness (QED) is 0.845. The molecule has 0 fully saturated rings. The number of sulfonamides is 1. The van der Waals surface area contributed by atoms with Gasteiger partial charge in [0, 0.05) is 7.05 Å². The van der Waals surface area contributed by atoms with Crippen LogP contribution in [-0.2, 0) is 21.2 Å². The number of nitrogens with zero attached hydrogens (tertiary/aromatic N) is 1. The van der Waals surface area contributed by atoms with E-state index in [0.29, 0.717) is 11.3 Å². The van der Waals surface area contributed by atoms with Crippen molar-refractivity contribution < 1.29 is 18.3 Å². The van der Waals surface area contributed by atoms with Gasteiger partial charge in [-0.25, -0.2) is 8.42 Å². The second kappa shape index (κ2) is 4.52. The van der Waals surface area contributed by atoms with E-state index in [0.717, 1.165) is 10.6 Å². The predicted octanol–water partition coefficient (Wildman–Crippen LogP) is 0.710. The summed E-state index contributed by atoms with van der Waals surface area (Å²) in [6.45, 7) is 0. The molecular weight excluding hydrogens is 230 g/mol. The lowest BCUT2D eigenvalue weighted by Crippen LogP contribution is -2.26. The molecule has 1 aromatic rings. The minimum atomic E-state index is -3.37. The van der Waals surface area contributed by atoms with E-state index in [1.165, 1.54) is 7.05 Å². The third kappa shape index (κ3) is 2.96. The van der Waals surface area contributed by atoms with E-state index in [-0.39, 0.29) is 6.42 Å². The third-order valence-electron chi connectivity index (χ3n) is 2.17. The molecule has 1 N–H and O–H groups in total. The summed E-state index contributed by atoms with van der Waals surface area (Å²) in [5, 5.41) is 8.71. The summed E-state index contributed by atoms with van der Waals surface area (Å²) in [4.78, 5) is 10.6. The maximum absolute atomic E-state index is 11.3. The minimum Gasteiger partial charge on any atom is -0.481 e. The van der Waals surface area contributed by atoms with Gasteiger partial charge < -0.3 is 5.11 Å². The Bertz CT molecular complexity index is 495. The molecule has 0 spiro atoms. The topological polar surface area (TPSA) is 74.7 Å². The first kappa shape index (κ1) is 12.5. The van der Waals surface area contributed by atoms with Crippen molar-refractivity contribution in [2.24, 2.45) is 0 Å². The monoisotopic (exact) mass is 243 g/mol. The number of rotatable bonds is 4. The Kier molecular flexibility index (Phi) is 3.54. The highest BCUT2D eigenvalue weighted by atomic mass is 32.2. The molecule has 16 heavy (non-hydrogen) atoms. The van der Waals surface area contributed by atoms with Crippen molar-refractivity contribution in [3.8, 4) is 0 Å². The van der Waals surface area contributed by atoms with Gasteiger partial charge in [-0.2, -0.15) is 0 Å². The molecule has 0 amide bonds. The number of carboxylic acids is 1. The van der Waals surface area contributed by atoms with Gasteiger partial charge in [0.05, 0.1) is 18.4 Å². The van der Waals surface area contributed by atoms with Crippen LogP contribution >= 0.6 is 0 Å². The van der Waals surface area contributed by atoms with Crippen molar-refractivity contribution in [2.75, 3.05) is 17.6 Å². The van der Waals surface area contributed by atoms with Gasteiger partial charge in [0.15, 0.2) is 0 Å². The molecule has 0 aromatic heterocycles. The Morgan fingerprint density at radius 1 is 1.38 bits per heavy atom. The average Bonchev–Trinajstić information content (AvgIpc) is 2.15. The first-order chi connectivity index (χ1) is 7.32. The highest BCUT2D eigenvalue weighted by molar-refractivity contribution is 7.92. The zero-order valence-corrected chi connectivity index (χ0v) is 9.86. The fraction of sp³-hybridized carbons (Fsp3) is 0.300. The van der Waals surface area contributed by atoms with Crippen LogP contribution in [0.4, 0.5) is 5.69 Å². The van der Waals surface area contributed by atoms with Gasteiger partial charge in [0.2, 0.25) is 10.0 Å². The summed E-state index contributed by atoms with van der Waals surface area (Å²) < 4.78 is 23.8. The normalized spacial score (nSPS) is 11.1. The molecule has 0 aliphatic heterocycles. The van der Waals surface area contributed by atoms with E-state index in [1.807, 2.05) is 0 Å². The summed E-state index contributed by atoms with van der Waals surface area (Å²) in [5.74, 6) is -0.991. The van der Waals surface area contributed by atoms with Crippen molar-refractivity contribution in [2.45, 2.75) is 6.42 Å². The molecule has 0 radical (unpaired) electrons. The maximum Gasteiger partial charge on any atom is 0.307 e. The molecule has 0 unspecified atom stereocenters. The first-order valence-electron chi connectivity index (χ1n) is 4.56. The lowest BCUT2D eigenvalue weighted by molar-refractivity contribution is -0.136. The lowest BCUT2D eigenvalue weighted by Gasteiger charge is -2.19. The fourth-order valence-corrected chi connectivity index (χ4v) is 1.84. The van der Waals surface area contributed by atoms with Gasteiger partial charge in [-0.05, 0) is 11.6 Å². The van der Waals surface area contributed by atoms with Crippen molar-refractivity contribution >= 4 is 21.7 Å². The Balaban J connectivity index is 3.18. The number of carbonyl (C=O) groups is 1. The molecule has 0 heterocycles. The second-order valence-corrected chi connectivity index (χ2v) is 5.44. The Hall–Kier alpha value is -1.56. The number of hydrogen-bond acceptors (Lipinski definition) is 3. The smallest absolute Gasteiger partial charge is 0.307 e. The number of para-hydroxylation sites is 1. The van der Waals surface area contributed by atoms with Crippen LogP contribution in [-0.4, -0.2) is 32.8 Å². The molecule has 0 atom stereocenters. The van der Waals surface area contributed by atoms with Crippen molar-refractivity contribution in [3.05, 3.63) is 29.8 Å². The molecule has 0 saturated carbocycles. The Labute approximate surface area is 94.4 Å². The van der Waals surface area contributed by atoms with Crippen LogP contribution in [0.25, 0.3) is 0 Å². The average molecular weight is 243 g/mol. The summed E-state index contributed by atoms with van der Waals surface area (Å²) in [6, 6.07) is 6.53. The van der Waals surface area contributed by atoms with Crippen LogP contribution < -0.4 is 4.31 Å². The molecule has 0 saturated heterocycles. The predicted molar refractivity (Wildman–Crippen MR) is 61.0 cm³/mol. The van der Waals surface area contributed by atoms with Gasteiger partial charge in [-0.15, -0.1) is 0 Å². The molecule has 88 valence electrons. The Morgan fingerprint density at radius 2 is 1.94 bits per heavy atom. The number of anilines is 1. The molecule has 0 aliphatic carbocycles. The van der Waals surface area contributed by atoms with Crippen LogP contribution in [0.2, 0.25) is 0 Å². The van der Waals surface area contributed by atoms with Crippen LogP contribution in [0.1, 0.15) is 5.56 Å². The van der Waals surface area contributed by atoms with E-state index in [2.05, 4.69) is 0 Å². The van der Waals surface area contributed by atoms with Gasteiger partial charge in [0.1, 0.15) is 0 Å². The number of aliphatic carboxylic acids is 1. The largest absolute Gasteiger partial charge is 0.481 e. The summed E-state index contributed by atoms with van der Waals surface area (Å²) >= 11 is 0. The summed E-state index contributed by atoms with van der Waals surface area (Å²) in [6.07, 6.45) is 0.876. The highest BCUT2D eigenvalue weighted by Crippen LogP contribution is 2.21. The zero-order valence-electron chi connectivity index (χ0n) is 9.04. The molecule has 0 bridgehead atoms. The van der Waals surface area contributed by atoms with E-state index in [9.17, 15) is 13.2 Å². The molecule has 1 rings (SSSR count). The second-order valence-electron chi connectivity index (χ2n) is 3.43. The SMILES string of the molecule is CN(c1ccccc1CC(=O)O)S(C)(=O)=O. The van der Waals surface area contributed by atoms with Gasteiger partial charge in [0.25, 0.3) is 0 Å². The van der Waals surface area contributed by atoms with E-state index < -0.39 is 16.0 Å². The molecule has 6 heteroatoms. The van der Waals surface area contributed by atoms with Crippen molar-refractivity contribution in [1.29, 1.82) is 0 Å². The maximum atomic E-state index is 11.3. The van der Waals surface area contributed by atoms with E-state index >= 15 is 0 Å². The third-order valence-corrected chi connectivity index (χ3v) is 3.36. The standard InChI is InChI=1S/C10H13NO4S/c1-11(16(2,14)15)9-6-4-3-5-8(9)7-10(12)13/h3-6H,7H2,1-2H3,(H,12,13). The molecule has 0 aliphatic rings. The number of benzene rings is 1. The van der Waals surface area contributed by atoms with E-state index in [1.54, 1.807) is 24.3 Å². The summed E-state index contributed by atoms with van der Waals surface area (Å²) in [7, 11) is -1.97. The summed E-state index contributed by atoms with van der Waals surface area (Å²) in [5.41, 5.74) is 0.871. The number of hydrogen-bond donors (Lipinski definition) is 1. The Morgan fingerprint density at radius 3 is 2.44 bits per heavy atom. The number of carboxylic acid groups (broad SMARTS) is 1. The van der Waals surface area contributed by atoms with Crippen LogP contribution in [0, 0.1) is 0 Å². The lowest BCUT2D eigenvalue weighted by atomic mass is 10.1. The van der Waals surface area contributed by atoms with Crippen molar-refractivity contribution in [3.63, 3.8) is 0 Å². The molecular formula is C10H13NO4S. The molecule has 1 aromatic carbocycles. The highest BCUT2D eigenvalue weighted by Gasteiger charge is 2.16.